The molecule has 0 saturated carbocycles. The molecule has 0 amide bonds. The maximum absolute atomic E-state index is 5.83. The van der Waals surface area contributed by atoms with Crippen LogP contribution < -0.4 is 10.5 Å². The van der Waals surface area contributed by atoms with Gasteiger partial charge in [0, 0.05) is 17.2 Å². The number of benzene rings is 1. The van der Waals surface area contributed by atoms with Crippen molar-refractivity contribution in [3.8, 4) is 5.75 Å². The van der Waals surface area contributed by atoms with Crippen molar-refractivity contribution < 1.29 is 4.74 Å². The first-order valence-electron chi connectivity index (χ1n) is 4.99. The first kappa shape index (κ1) is 10.4. The molecule has 0 aromatic heterocycles. The zero-order chi connectivity index (χ0) is 10.7. The van der Waals surface area contributed by atoms with Gasteiger partial charge in [0.1, 0.15) is 11.6 Å². The van der Waals surface area contributed by atoms with Crippen LogP contribution in [0.4, 0.5) is 0 Å². The summed E-state index contributed by atoms with van der Waals surface area (Å²) in [6.45, 7) is 2.68. The highest BCUT2D eigenvalue weighted by atomic mass is 32.2. The highest BCUT2D eigenvalue weighted by molar-refractivity contribution is 7.99. The van der Waals surface area contributed by atoms with Crippen LogP contribution in [0.2, 0.25) is 0 Å². The van der Waals surface area contributed by atoms with Crippen molar-refractivity contribution in [2.24, 2.45) is 10.7 Å². The zero-order valence-corrected chi connectivity index (χ0v) is 9.46. The minimum atomic E-state index is -0.0788. The van der Waals surface area contributed by atoms with Crippen molar-refractivity contribution in [3.63, 3.8) is 0 Å². The van der Waals surface area contributed by atoms with E-state index in [1.165, 1.54) is 4.90 Å². The third-order valence-electron chi connectivity index (χ3n) is 2.18. The number of amidine groups is 1. The Morgan fingerprint density at radius 3 is 3.20 bits per heavy atom. The van der Waals surface area contributed by atoms with Crippen LogP contribution in [0.3, 0.4) is 0 Å². The largest absolute Gasteiger partial charge is 0.480 e. The van der Waals surface area contributed by atoms with E-state index in [1.54, 1.807) is 11.8 Å². The van der Waals surface area contributed by atoms with Gasteiger partial charge in [-0.15, -0.1) is 11.8 Å². The molecule has 1 atom stereocenters. The van der Waals surface area contributed by atoms with Gasteiger partial charge in [-0.25, -0.2) is 0 Å². The molecule has 0 fully saturated rings. The summed E-state index contributed by atoms with van der Waals surface area (Å²) in [4.78, 5) is 5.36. The van der Waals surface area contributed by atoms with Gasteiger partial charge in [-0.1, -0.05) is 12.1 Å². The van der Waals surface area contributed by atoms with E-state index in [4.69, 9.17) is 10.5 Å². The molecule has 1 aliphatic rings. The molecule has 2 rings (SSSR count). The highest BCUT2D eigenvalue weighted by Gasteiger charge is 2.22. The van der Waals surface area contributed by atoms with Crippen LogP contribution in [0.1, 0.15) is 6.92 Å². The summed E-state index contributed by atoms with van der Waals surface area (Å²) < 4.78 is 5.77. The fourth-order valence-corrected chi connectivity index (χ4v) is 2.45. The maximum Gasteiger partial charge on any atom is 0.164 e. The molecule has 2 N–H and O–H groups in total. The molecule has 0 bridgehead atoms. The van der Waals surface area contributed by atoms with E-state index < -0.39 is 0 Å². The molecule has 0 saturated heterocycles. The Balaban J connectivity index is 2.15. The summed E-state index contributed by atoms with van der Waals surface area (Å²) in [5.41, 5.74) is 5.83. The standard InChI is InChI=1S/C11H14N2OS/c1-2-13-11(12)9-7-15-10-6-4-3-5-8(10)14-9/h3-6,9H,2,7H2,1H3,(H2,12,13). The summed E-state index contributed by atoms with van der Waals surface area (Å²) >= 11 is 1.77. The fraction of sp³-hybridized carbons (Fsp3) is 0.364. The second-order valence-electron chi connectivity index (χ2n) is 3.26. The Bertz CT molecular complexity index is 379. The van der Waals surface area contributed by atoms with Crippen LogP contribution in [-0.4, -0.2) is 24.2 Å². The van der Waals surface area contributed by atoms with E-state index in [-0.39, 0.29) is 6.10 Å². The third kappa shape index (κ3) is 2.26. The van der Waals surface area contributed by atoms with Crippen LogP contribution in [0.5, 0.6) is 5.75 Å². The van der Waals surface area contributed by atoms with Crippen molar-refractivity contribution >= 4 is 17.6 Å². The molecule has 1 aromatic rings. The SMILES string of the molecule is CCN=C(N)C1CSc2ccccc2O1. The normalized spacial score (nSPS) is 20.6. The molecule has 80 valence electrons. The molecule has 1 aromatic carbocycles. The van der Waals surface area contributed by atoms with Crippen LogP contribution in [0, 0.1) is 0 Å². The number of fused-ring (bicyclic) bond motifs is 1. The van der Waals surface area contributed by atoms with Gasteiger partial charge in [0.05, 0.1) is 0 Å². The minimum Gasteiger partial charge on any atom is -0.480 e. The quantitative estimate of drug-likeness (QED) is 0.614. The molecule has 1 unspecified atom stereocenters. The topological polar surface area (TPSA) is 47.6 Å². The molecule has 0 spiro atoms. The van der Waals surface area contributed by atoms with Crippen LogP contribution >= 0.6 is 11.8 Å². The summed E-state index contributed by atoms with van der Waals surface area (Å²) in [6, 6.07) is 8.00. The second-order valence-corrected chi connectivity index (χ2v) is 4.33. The van der Waals surface area contributed by atoms with E-state index in [2.05, 4.69) is 11.1 Å². The van der Waals surface area contributed by atoms with Gasteiger partial charge < -0.3 is 10.5 Å². The number of rotatable bonds is 2. The van der Waals surface area contributed by atoms with E-state index in [9.17, 15) is 0 Å². The summed E-state index contributed by atoms with van der Waals surface area (Å²) in [5, 5.41) is 0. The van der Waals surface area contributed by atoms with Gasteiger partial charge in [0.15, 0.2) is 6.10 Å². The van der Waals surface area contributed by atoms with Crippen molar-refractivity contribution in [1.82, 2.24) is 0 Å². The second kappa shape index (κ2) is 4.57. The molecule has 0 aliphatic carbocycles. The van der Waals surface area contributed by atoms with E-state index in [0.717, 1.165) is 11.5 Å². The highest BCUT2D eigenvalue weighted by Crippen LogP contribution is 2.34. The van der Waals surface area contributed by atoms with Crippen molar-refractivity contribution in [3.05, 3.63) is 24.3 Å². The van der Waals surface area contributed by atoms with Crippen molar-refractivity contribution in [2.75, 3.05) is 12.3 Å². The van der Waals surface area contributed by atoms with E-state index in [0.29, 0.717) is 12.4 Å². The Morgan fingerprint density at radius 2 is 2.40 bits per heavy atom. The van der Waals surface area contributed by atoms with Gasteiger partial charge in [-0.3, -0.25) is 4.99 Å². The van der Waals surface area contributed by atoms with E-state index >= 15 is 0 Å². The predicted molar refractivity (Wildman–Crippen MR) is 63.7 cm³/mol. The molecular weight excluding hydrogens is 208 g/mol. The number of para-hydroxylation sites is 1. The first-order valence-corrected chi connectivity index (χ1v) is 5.98. The van der Waals surface area contributed by atoms with Crippen LogP contribution in [0.15, 0.2) is 34.2 Å². The van der Waals surface area contributed by atoms with Gasteiger partial charge >= 0.3 is 0 Å². The lowest BCUT2D eigenvalue weighted by Crippen LogP contribution is -2.38. The van der Waals surface area contributed by atoms with E-state index in [1.807, 2.05) is 25.1 Å². The number of hydrogen-bond donors (Lipinski definition) is 1. The molecule has 1 heterocycles. The number of thioether (sulfide) groups is 1. The molecule has 1 aliphatic heterocycles. The molecule has 15 heavy (non-hydrogen) atoms. The maximum atomic E-state index is 5.83. The fourth-order valence-electron chi connectivity index (χ4n) is 1.45. The van der Waals surface area contributed by atoms with Crippen LogP contribution in [0.25, 0.3) is 0 Å². The third-order valence-corrected chi connectivity index (χ3v) is 3.30. The summed E-state index contributed by atoms with van der Waals surface area (Å²) in [5.74, 6) is 2.35. The number of ether oxygens (including phenoxy) is 1. The smallest absolute Gasteiger partial charge is 0.164 e. The number of nitrogens with two attached hydrogens (primary N) is 1. The average Bonchev–Trinajstić information content (AvgIpc) is 2.29. The molecule has 0 radical (unpaired) electrons. The van der Waals surface area contributed by atoms with Gasteiger partial charge in [0.25, 0.3) is 0 Å². The zero-order valence-electron chi connectivity index (χ0n) is 8.64. The lowest BCUT2D eigenvalue weighted by Gasteiger charge is -2.24. The Labute approximate surface area is 93.7 Å². The summed E-state index contributed by atoms with van der Waals surface area (Å²) in [6.07, 6.45) is -0.0788. The number of nitrogens with zero attached hydrogens (tertiary/aromatic N) is 1. The lowest BCUT2D eigenvalue weighted by molar-refractivity contribution is 0.277. The monoisotopic (exact) mass is 222 g/mol. The van der Waals surface area contributed by atoms with Crippen molar-refractivity contribution in [2.45, 2.75) is 17.9 Å². The molecular formula is C11H14N2OS. The Hall–Kier alpha value is -1.16. The van der Waals surface area contributed by atoms with Gasteiger partial charge in [-0.05, 0) is 19.1 Å². The van der Waals surface area contributed by atoms with Crippen LogP contribution in [-0.2, 0) is 0 Å². The predicted octanol–water partition coefficient (Wildman–Crippen LogP) is 1.92. The van der Waals surface area contributed by atoms with Gasteiger partial charge in [-0.2, -0.15) is 0 Å². The number of aliphatic imine (C=N–C) groups is 1. The minimum absolute atomic E-state index is 0.0788. The Kier molecular flexibility index (Phi) is 3.16. The lowest BCUT2D eigenvalue weighted by atomic mass is 10.3. The van der Waals surface area contributed by atoms with Gasteiger partial charge in [0.2, 0.25) is 0 Å². The molecule has 4 heteroatoms. The first-order chi connectivity index (χ1) is 7.31. The summed E-state index contributed by atoms with van der Waals surface area (Å²) in [7, 11) is 0. The molecule has 3 nitrogen and oxygen atoms in total. The van der Waals surface area contributed by atoms with Crippen molar-refractivity contribution in [1.29, 1.82) is 0 Å². The average molecular weight is 222 g/mol. The Morgan fingerprint density at radius 1 is 1.60 bits per heavy atom. The number of hydrogen-bond acceptors (Lipinski definition) is 3.